The molecule has 1 aromatic rings. The number of rotatable bonds is 8. The Bertz CT molecular complexity index is 387. The fourth-order valence-electron chi connectivity index (χ4n) is 1.51. The maximum Gasteiger partial charge on any atom is 0.234 e. The summed E-state index contributed by atoms with van der Waals surface area (Å²) in [5.74, 6) is 0.601. The van der Waals surface area contributed by atoms with Crippen LogP contribution >= 0.6 is 27.7 Å². The smallest absolute Gasteiger partial charge is 0.234 e. The molecule has 0 aliphatic carbocycles. The van der Waals surface area contributed by atoms with Gasteiger partial charge in [0.2, 0.25) is 5.91 Å². The second kappa shape index (κ2) is 8.56. The minimum atomic E-state index is -0.267. The maximum absolute atomic E-state index is 11.3. The molecule has 0 aromatic heterocycles. The fourth-order valence-corrected chi connectivity index (χ4v) is 3.09. The highest BCUT2D eigenvalue weighted by Gasteiger charge is 2.13. The largest absolute Gasteiger partial charge is 0.368 e. The standard InChI is InChI=1S/C13H19BrN2OS/c1-2-8-16-11(13(15)17)7-9-18-12-6-4-3-5-10(12)14/h3-6,11,16H,2,7-9H2,1H3,(H2,15,17). The van der Waals surface area contributed by atoms with Crippen molar-refractivity contribution in [3.63, 3.8) is 0 Å². The summed E-state index contributed by atoms with van der Waals surface area (Å²) in [6, 6.07) is 7.85. The molecule has 0 radical (unpaired) electrons. The van der Waals surface area contributed by atoms with Crippen molar-refractivity contribution in [2.24, 2.45) is 5.73 Å². The van der Waals surface area contributed by atoms with Crippen molar-refractivity contribution in [2.45, 2.75) is 30.7 Å². The van der Waals surface area contributed by atoms with Crippen LogP contribution in [0.5, 0.6) is 0 Å². The Morgan fingerprint density at radius 1 is 1.50 bits per heavy atom. The topological polar surface area (TPSA) is 55.1 Å². The van der Waals surface area contributed by atoms with E-state index in [9.17, 15) is 4.79 Å². The molecule has 0 fully saturated rings. The first kappa shape index (κ1) is 15.5. The lowest BCUT2D eigenvalue weighted by atomic mass is 10.2. The number of thioether (sulfide) groups is 1. The fraction of sp³-hybridized carbons (Fsp3) is 0.462. The van der Waals surface area contributed by atoms with E-state index in [1.165, 1.54) is 4.90 Å². The Kier molecular flexibility index (Phi) is 7.39. The number of nitrogens with one attached hydrogen (secondary N) is 1. The highest BCUT2D eigenvalue weighted by molar-refractivity contribution is 9.10. The summed E-state index contributed by atoms with van der Waals surface area (Å²) in [6.45, 7) is 2.90. The van der Waals surface area contributed by atoms with Crippen molar-refractivity contribution >= 4 is 33.6 Å². The van der Waals surface area contributed by atoms with Gasteiger partial charge >= 0.3 is 0 Å². The third-order valence-electron chi connectivity index (χ3n) is 2.48. The van der Waals surface area contributed by atoms with E-state index in [-0.39, 0.29) is 11.9 Å². The average molecular weight is 331 g/mol. The van der Waals surface area contributed by atoms with Crippen molar-refractivity contribution in [3.05, 3.63) is 28.7 Å². The molecule has 1 unspecified atom stereocenters. The van der Waals surface area contributed by atoms with Crippen LogP contribution in [0.4, 0.5) is 0 Å². The zero-order valence-electron chi connectivity index (χ0n) is 10.5. The lowest BCUT2D eigenvalue weighted by Gasteiger charge is -2.14. The molecule has 3 nitrogen and oxygen atoms in total. The Morgan fingerprint density at radius 3 is 2.83 bits per heavy atom. The molecule has 0 saturated heterocycles. The van der Waals surface area contributed by atoms with Crippen molar-refractivity contribution < 1.29 is 4.79 Å². The Hall–Kier alpha value is -0.520. The third kappa shape index (κ3) is 5.42. The number of hydrogen-bond donors (Lipinski definition) is 2. The zero-order chi connectivity index (χ0) is 13.4. The SMILES string of the molecule is CCCNC(CCSc1ccccc1Br)C(N)=O. The predicted molar refractivity (Wildman–Crippen MR) is 80.8 cm³/mol. The molecule has 0 aliphatic heterocycles. The monoisotopic (exact) mass is 330 g/mol. The van der Waals surface area contributed by atoms with Crippen molar-refractivity contribution in [1.29, 1.82) is 0 Å². The minimum absolute atomic E-state index is 0.222. The van der Waals surface area contributed by atoms with Crippen LogP contribution < -0.4 is 11.1 Å². The normalized spacial score (nSPS) is 12.3. The number of carbonyl (C=O) groups is 1. The van der Waals surface area contributed by atoms with Crippen LogP contribution in [0.15, 0.2) is 33.6 Å². The highest BCUT2D eigenvalue weighted by Crippen LogP contribution is 2.27. The van der Waals surface area contributed by atoms with Gasteiger partial charge in [0.05, 0.1) is 6.04 Å². The van der Waals surface area contributed by atoms with Crippen LogP contribution in [-0.2, 0) is 4.79 Å². The summed E-state index contributed by atoms with van der Waals surface area (Å²) in [7, 11) is 0. The Balaban J connectivity index is 2.39. The van der Waals surface area contributed by atoms with Gasteiger partial charge in [0.15, 0.2) is 0 Å². The Morgan fingerprint density at radius 2 is 2.22 bits per heavy atom. The number of carbonyl (C=O) groups excluding carboxylic acids is 1. The van der Waals surface area contributed by atoms with Gasteiger partial charge in [-0.15, -0.1) is 11.8 Å². The van der Waals surface area contributed by atoms with E-state index in [4.69, 9.17) is 5.73 Å². The van der Waals surface area contributed by atoms with E-state index in [1.807, 2.05) is 18.2 Å². The van der Waals surface area contributed by atoms with Gasteiger partial charge in [-0.25, -0.2) is 0 Å². The van der Waals surface area contributed by atoms with Gasteiger partial charge in [-0.3, -0.25) is 4.79 Å². The molecule has 18 heavy (non-hydrogen) atoms. The van der Waals surface area contributed by atoms with Crippen LogP contribution in [0, 0.1) is 0 Å². The molecule has 1 amide bonds. The summed E-state index contributed by atoms with van der Waals surface area (Å²) >= 11 is 5.24. The van der Waals surface area contributed by atoms with Gasteiger partial charge < -0.3 is 11.1 Å². The first-order chi connectivity index (χ1) is 8.65. The van der Waals surface area contributed by atoms with Crippen molar-refractivity contribution in [3.8, 4) is 0 Å². The number of halogens is 1. The van der Waals surface area contributed by atoms with E-state index in [0.29, 0.717) is 0 Å². The summed E-state index contributed by atoms with van der Waals surface area (Å²) in [6.07, 6.45) is 1.75. The first-order valence-corrected chi connectivity index (χ1v) is 7.83. The van der Waals surface area contributed by atoms with Crippen LogP contribution in [-0.4, -0.2) is 24.2 Å². The van der Waals surface area contributed by atoms with Crippen LogP contribution in [0.3, 0.4) is 0 Å². The van der Waals surface area contributed by atoms with Gasteiger partial charge in [-0.2, -0.15) is 0 Å². The molecule has 0 bridgehead atoms. The lowest BCUT2D eigenvalue weighted by molar-refractivity contribution is -0.120. The van der Waals surface area contributed by atoms with Crippen molar-refractivity contribution in [1.82, 2.24) is 5.32 Å². The average Bonchev–Trinajstić information content (AvgIpc) is 2.35. The number of hydrogen-bond acceptors (Lipinski definition) is 3. The van der Waals surface area contributed by atoms with E-state index in [0.717, 1.165) is 29.6 Å². The van der Waals surface area contributed by atoms with E-state index in [2.05, 4.69) is 34.2 Å². The number of benzene rings is 1. The minimum Gasteiger partial charge on any atom is -0.368 e. The van der Waals surface area contributed by atoms with Crippen LogP contribution in [0.25, 0.3) is 0 Å². The second-order valence-corrected chi connectivity index (χ2v) is 5.97. The predicted octanol–water partition coefficient (Wildman–Crippen LogP) is 2.78. The number of nitrogens with two attached hydrogens (primary N) is 1. The van der Waals surface area contributed by atoms with Crippen LogP contribution in [0.2, 0.25) is 0 Å². The van der Waals surface area contributed by atoms with Crippen LogP contribution in [0.1, 0.15) is 19.8 Å². The molecule has 0 heterocycles. The molecular formula is C13H19BrN2OS. The molecule has 0 spiro atoms. The molecule has 100 valence electrons. The first-order valence-electron chi connectivity index (χ1n) is 6.05. The summed E-state index contributed by atoms with van der Waals surface area (Å²) in [4.78, 5) is 12.4. The molecule has 1 atom stereocenters. The number of amides is 1. The van der Waals surface area contributed by atoms with E-state index in [1.54, 1.807) is 11.8 Å². The highest BCUT2D eigenvalue weighted by atomic mass is 79.9. The van der Waals surface area contributed by atoms with Crippen molar-refractivity contribution in [2.75, 3.05) is 12.3 Å². The summed E-state index contributed by atoms with van der Waals surface area (Å²) in [5.41, 5.74) is 5.37. The summed E-state index contributed by atoms with van der Waals surface area (Å²) in [5, 5.41) is 3.17. The van der Waals surface area contributed by atoms with Gasteiger partial charge in [0.25, 0.3) is 0 Å². The van der Waals surface area contributed by atoms with Gasteiger partial charge in [0.1, 0.15) is 0 Å². The molecule has 0 aliphatic rings. The van der Waals surface area contributed by atoms with E-state index >= 15 is 0 Å². The lowest BCUT2D eigenvalue weighted by Crippen LogP contribution is -2.41. The van der Waals surface area contributed by atoms with Gasteiger partial charge in [0, 0.05) is 15.1 Å². The molecule has 5 heteroatoms. The zero-order valence-corrected chi connectivity index (χ0v) is 12.9. The molecular weight excluding hydrogens is 312 g/mol. The molecule has 3 N–H and O–H groups in total. The van der Waals surface area contributed by atoms with Gasteiger partial charge in [-0.05, 0) is 47.4 Å². The number of primary amides is 1. The van der Waals surface area contributed by atoms with Gasteiger partial charge in [-0.1, -0.05) is 19.1 Å². The van der Waals surface area contributed by atoms with E-state index < -0.39 is 0 Å². The Labute approximate surface area is 121 Å². The quantitative estimate of drug-likeness (QED) is 0.720. The molecule has 1 rings (SSSR count). The third-order valence-corrected chi connectivity index (χ3v) is 4.55. The maximum atomic E-state index is 11.3. The second-order valence-electron chi connectivity index (χ2n) is 3.98. The summed E-state index contributed by atoms with van der Waals surface area (Å²) < 4.78 is 1.09. The molecule has 1 aromatic carbocycles. The molecule has 0 saturated carbocycles.